The van der Waals surface area contributed by atoms with Gasteiger partial charge in [-0.1, -0.05) is 89.9 Å². The van der Waals surface area contributed by atoms with E-state index in [1.807, 2.05) is 48.5 Å². The lowest BCUT2D eigenvalue weighted by atomic mass is 9.98. The highest BCUT2D eigenvalue weighted by Gasteiger charge is 2.30. The molecule has 1 unspecified atom stereocenters. The summed E-state index contributed by atoms with van der Waals surface area (Å²) in [7, 11) is 0. The van der Waals surface area contributed by atoms with Gasteiger partial charge in [0.15, 0.2) is 0 Å². The van der Waals surface area contributed by atoms with E-state index in [1.54, 1.807) is 42.5 Å². The Balaban J connectivity index is 1.19. The summed E-state index contributed by atoms with van der Waals surface area (Å²) in [5, 5.41) is 15.4. The van der Waals surface area contributed by atoms with Gasteiger partial charge in [0.05, 0.1) is 15.6 Å². The summed E-state index contributed by atoms with van der Waals surface area (Å²) in [6.45, 7) is 0.0794. The molecular weight excluding hydrogens is 551 g/mol. The van der Waals surface area contributed by atoms with Crippen LogP contribution in [0.15, 0.2) is 91.0 Å². The largest absolute Gasteiger partial charge is 0.480 e. The van der Waals surface area contributed by atoms with Gasteiger partial charge >= 0.3 is 12.1 Å². The van der Waals surface area contributed by atoms with Crippen molar-refractivity contribution in [2.45, 2.75) is 18.4 Å². The molecule has 1 aliphatic carbocycles. The molecular formula is C31H24Cl2N2O5. The topological polar surface area (TPSA) is 105 Å². The van der Waals surface area contributed by atoms with Crippen LogP contribution in [0.25, 0.3) is 11.1 Å². The van der Waals surface area contributed by atoms with Gasteiger partial charge in [-0.2, -0.15) is 0 Å². The number of carboxylic acid groups (broad SMARTS) is 1. The first-order valence-electron chi connectivity index (χ1n) is 12.5. The molecule has 3 N–H and O–H groups in total. The van der Waals surface area contributed by atoms with Crippen molar-refractivity contribution in [1.82, 2.24) is 5.32 Å². The second-order valence-electron chi connectivity index (χ2n) is 9.31. The average molecular weight is 575 g/mol. The van der Waals surface area contributed by atoms with Gasteiger partial charge in [-0.3, -0.25) is 4.79 Å². The highest BCUT2D eigenvalue weighted by molar-refractivity contribution is 6.40. The molecule has 5 rings (SSSR count). The first kappa shape index (κ1) is 27.2. The van der Waals surface area contributed by atoms with Crippen molar-refractivity contribution in [3.63, 3.8) is 0 Å². The number of hydrogen-bond acceptors (Lipinski definition) is 4. The number of benzene rings is 4. The molecule has 0 aromatic heterocycles. The van der Waals surface area contributed by atoms with Crippen LogP contribution >= 0.6 is 23.2 Å². The minimum absolute atomic E-state index is 0.0180. The van der Waals surface area contributed by atoms with Crippen LogP contribution in [0, 0.1) is 0 Å². The van der Waals surface area contributed by atoms with E-state index in [1.165, 1.54) is 0 Å². The predicted molar refractivity (Wildman–Crippen MR) is 154 cm³/mol. The smallest absolute Gasteiger partial charge is 0.407 e. The molecule has 0 saturated carbocycles. The third-order valence-corrected chi connectivity index (χ3v) is 7.41. The van der Waals surface area contributed by atoms with Crippen LogP contribution in [-0.2, 0) is 16.0 Å². The van der Waals surface area contributed by atoms with Gasteiger partial charge in [-0.25, -0.2) is 9.59 Å². The molecule has 0 heterocycles. The molecule has 0 radical (unpaired) electrons. The second-order valence-corrected chi connectivity index (χ2v) is 10.1. The van der Waals surface area contributed by atoms with Gasteiger partial charge < -0.3 is 20.5 Å². The van der Waals surface area contributed by atoms with Gasteiger partial charge in [0, 0.05) is 18.0 Å². The number of nitrogens with one attached hydrogen (secondary N) is 2. The van der Waals surface area contributed by atoms with Crippen LogP contribution in [0.4, 0.5) is 10.5 Å². The fourth-order valence-electron chi connectivity index (χ4n) is 4.85. The molecule has 4 aromatic carbocycles. The molecule has 2 amide bonds. The monoisotopic (exact) mass is 574 g/mol. The molecule has 0 bridgehead atoms. The molecule has 0 spiro atoms. The number of amides is 2. The van der Waals surface area contributed by atoms with Crippen LogP contribution in [0.3, 0.4) is 0 Å². The van der Waals surface area contributed by atoms with Gasteiger partial charge in [0.1, 0.15) is 12.6 Å². The predicted octanol–water partition coefficient (Wildman–Crippen LogP) is 6.78. The third kappa shape index (κ3) is 5.81. The van der Waals surface area contributed by atoms with Crippen molar-refractivity contribution in [3.8, 4) is 11.1 Å². The number of halogens is 2. The lowest BCUT2D eigenvalue weighted by Crippen LogP contribution is -2.42. The van der Waals surface area contributed by atoms with Crippen LogP contribution < -0.4 is 10.6 Å². The Bertz CT molecular complexity index is 1520. The SMILES string of the molecule is O=C(NC(Cc1ccc(NC(=O)c2c(Cl)cccc2Cl)cc1)C(=O)O)OCC1c2ccccc2-c2ccccc21. The van der Waals surface area contributed by atoms with Crippen LogP contribution in [0.5, 0.6) is 0 Å². The zero-order valence-electron chi connectivity index (χ0n) is 21.1. The van der Waals surface area contributed by atoms with Crippen LogP contribution in [-0.4, -0.2) is 35.7 Å². The molecule has 4 aromatic rings. The van der Waals surface area contributed by atoms with Gasteiger partial charge in [0.2, 0.25) is 0 Å². The van der Waals surface area contributed by atoms with Crippen molar-refractivity contribution in [3.05, 3.63) is 123 Å². The maximum absolute atomic E-state index is 12.6. The van der Waals surface area contributed by atoms with Crippen LogP contribution in [0.1, 0.15) is 33.0 Å². The van der Waals surface area contributed by atoms with E-state index < -0.39 is 24.0 Å². The Labute approximate surface area is 240 Å². The fraction of sp³-hybridized carbons (Fsp3) is 0.129. The van der Waals surface area contributed by atoms with E-state index >= 15 is 0 Å². The summed E-state index contributed by atoms with van der Waals surface area (Å²) in [6, 6.07) is 26.1. The Morgan fingerprint density at radius 3 is 1.95 bits per heavy atom. The minimum Gasteiger partial charge on any atom is -0.480 e. The summed E-state index contributed by atoms with van der Waals surface area (Å²) < 4.78 is 5.50. The fourth-order valence-corrected chi connectivity index (χ4v) is 5.42. The Hall–Kier alpha value is -4.33. The number of hydrogen-bond donors (Lipinski definition) is 3. The first-order valence-corrected chi connectivity index (χ1v) is 13.3. The lowest BCUT2D eigenvalue weighted by molar-refractivity contribution is -0.139. The summed E-state index contributed by atoms with van der Waals surface area (Å²) in [6.07, 6.45) is -0.792. The molecule has 202 valence electrons. The number of carbonyl (C=O) groups is 3. The van der Waals surface area contributed by atoms with E-state index in [4.69, 9.17) is 27.9 Å². The van der Waals surface area contributed by atoms with E-state index in [9.17, 15) is 19.5 Å². The lowest BCUT2D eigenvalue weighted by Gasteiger charge is -2.18. The molecule has 0 fully saturated rings. The number of carboxylic acids is 1. The number of aliphatic carboxylic acids is 1. The molecule has 7 nitrogen and oxygen atoms in total. The number of carbonyl (C=O) groups excluding carboxylic acids is 2. The van der Waals surface area contributed by atoms with Crippen molar-refractivity contribution >= 4 is 46.9 Å². The highest BCUT2D eigenvalue weighted by atomic mass is 35.5. The summed E-state index contributed by atoms with van der Waals surface area (Å²) in [4.78, 5) is 37.1. The molecule has 1 aliphatic rings. The summed E-state index contributed by atoms with van der Waals surface area (Å²) in [5.41, 5.74) is 5.61. The average Bonchev–Trinajstić information content (AvgIpc) is 3.26. The van der Waals surface area contributed by atoms with Crippen molar-refractivity contribution in [2.75, 3.05) is 11.9 Å². The molecule has 40 heavy (non-hydrogen) atoms. The number of ether oxygens (including phenoxy) is 1. The molecule has 0 aliphatic heterocycles. The maximum atomic E-state index is 12.6. The number of anilines is 1. The van der Waals surface area contributed by atoms with Gasteiger partial charge in [-0.15, -0.1) is 0 Å². The van der Waals surface area contributed by atoms with E-state index in [-0.39, 0.29) is 34.6 Å². The zero-order chi connectivity index (χ0) is 28.2. The molecule has 0 saturated heterocycles. The van der Waals surface area contributed by atoms with E-state index in [2.05, 4.69) is 10.6 Å². The quantitative estimate of drug-likeness (QED) is 0.215. The number of rotatable bonds is 8. The Morgan fingerprint density at radius 1 is 0.800 bits per heavy atom. The van der Waals surface area contributed by atoms with Crippen molar-refractivity contribution < 1.29 is 24.2 Å². The Morgan fingerprint density at radius 2 is 1.38 bits per heavy atom. The van der Waals surface area contributed by atoms with E-state index in [0.29, 0.717) is 11.3 Å². The number of alkyl carbamates (subject to hydrolysis) is 1. The second kappa shape index (κ2) is 11.8. The number of fused-ring (bicyclic) bond motifs is 3. The zero-order valence-corrected chi connectivity index (χ0v) is 22.6. The Kier molecular flexibility index (Phi) is 8.05. The summed E-state index contributed by atoms with van der Waals surface area (Å²) in [5.74, 6) is -1.80. The van der Waals surface area contributed by atoms with Gasteiger partial charge in [-0.05, 0) is 52.1 Å². The van der Waals surface area contributed by atoms with E-state index in [0.717, 1.165) is 22.3 Å². The minimum atomic E-state index is -1.21. The standard InChI is InChI=1S/C31H24Cl2N2O5/c32-25-10-5-11-26(33)28(25)29(36)34-19-14-12-18(13-15-19)16-27(30(37)38)35-31(39)40-17-24-22-8-3-1-6-20(22)21-7-2-4-9-23(21)24/h1-15,24,27H,16-17H2,(H,34,36)(H,35,39)(H,37,38). The first-order chi connectivity index (χ1) is 19.3. The van der Waals surface area contributed by atoms with Crippen molar-refractivity contribution in [1.29, 1.82) is 0 Å². The third-order valence-electron chi connectivity index (χ3n) is 6.78. The highest BCUT2D eigenvalue weighted by Crippen LogP contribution is 2.44. The maximum Gasteiger partial charge on any atom is 0.407 e. The molecule has 1 atom stereocenters. The van der Waals surface area contributed by atoms with Crippen LogP contribution in [0.2, 0.25) is 10.0 Å². The van der Waals surface area contributed by atoms with Gasteiger partial charge in [0.25, 0.3) is 5.91 Å². The summed E-state index contributed by atoms with van der Waals surface area (Å²) >= 11 is 12.2. The normalized spacial score (nSPS) is 12.7. The van der Waals surface area contributed by atoms with Crippen molar-refractivity contribution in [2.24, 2.45) is 0 Å². The molecule has 9 heteroatoms.